The van der Waals surface area contributed by atoms with Crippen LogP contribution in [0, 0.1) is 6.92 Å². The van der Waals surface area contributed by atoms with Crippen LogP contribution >= 0.6 is 23.2 Å². The normalized spacial score (nSPS) is 12.1. The molecule has 0 aliphatic heterocycles. The van der Waals surface area contributed by atoms with Crippen LogP contribution < -0.4 is 10.1 Å². The molecule has 0 saturated carbocycles. The van der Waals surface area contributed by atoms with Gasteiger partial charge in [0.15, 0.2) is 0 Å². The van der Waals surface area contributed by atoms with Crippen LogP contribution in [0.25, 0.3) is 11.0 Å². The van der Waals surface area contributed by atoms with E-state index in [1.54, 1.807) is 29.0 Å². The van der Waals surface area contributed by atoms with Gasteiger partial charge in [0.1, 0.15) is 34.6 Å². The van der Waals surface area contributed by atoms with Crippen LogP contribution in [0.5, 0.6) is 11.5 Å². The molecular weight excluding hydrogens is 505 g/mol. The topological polar surface area (TPSA) is 74.6 Å². The second-order valence-corrected chi connectivity index (χ2v) is 17.0. The predicted molar refractivity (Wildman–Crippen MR) is 145 cm³/mol. The quantitative estimate of drug-likeness (QED) is 0.232. The molecule has 0 spiro atoms. The summed E-state index contributed by atoms with van der Waals surface area (Å²) in [7, 11) is -1.20. The highest BCUT2D eigenvalue weighted by molar-refractivity contribution is 6.76. The number of fused-ring (bicyclic) bond motifs is 1. The Balaban J connectivity index is 1.79. The minimum atomic E-state index is -1.20. The summed E-state index contributed by atoms with van der Waals surface area (Å²) in [4.78, 5) is 16.6. The fourth-order valence-electron chi connectivity index (χ4n) is 3.28. The molecule has 2 heterocycles. The highest BCUT2D eigenvalue weighted by Crippen LogP contribution is 2.40. The zero-order chi connectivity index (χ0) is 26.0. The molecule has 0 atom stereocenters. The molecule has 2 aromatic heterocycles. The number of nitrogens with zero attached hydrogens (tertiary/aromatic N) is 2. The van der Waals surface area contributed by atoms with E-state index in [4.69, 9.17) is 37.4 Å². The molecule has 1 N–H and O–H groups in total. The second-order valence-electron chi connectivity index (χ2n) is 10.6. The van der Waals surface area contributed by atoms with E-state index in [2.05, 4.69) is 29.9 Å². The lowest BCUT2D eigenvalue weighted by Gasteiger charge is -2.20. The molecule has 0 saturated heterocycles. The highest BCUT2D eigenvalue weighted by Gasteiger charge is 2.21. The van der Waals surface area contributed by atoms with Gasteiger partial charge in [0, 0.05) is 26.6 Å². The van der Waals surface area contributed by atoms with E-state index in [0.29, 0.717) is 45.0 Å². The first kappa shape index (κ1) is 27.3. The molecule has 1 amide bonds. The van der Waals surface area contributed by atoms with Crippen molar-refractivity contribution in [1.82, 2.24) is 9.55 Å². The summed E-state index contributed by atoms with van der Waals surface area (Å²) in [6.07, 6.45) is 1.13. The van der Waals surface area contributed by atoms with Crippen molar-refractivity contribution in [2.75, 3.05) is 11.9 Å². The number of rotatable bonds is 8. The first-order chi connectivity index (χ1) is 16.2. The first-order valence-corrected chi connectivity index (χ1v) is 15.9. The van der Waals surface area contributed by atoms with Crippen molar-refractivity contribution in [3.05, 3.63) is 46.2 Å². The van der Waals surface area contributed by atoms with Crippen LogP contribution in [0.2, 0.25) is 35.9 Å². The number of aryl methyl sites for hydroxylation is 1. The molecule has 0 bridgehead atoms. The molecule has 3 aromatic rings. The number of aromatic nitrogens is 2. The highest BCUT2D eigenvalue weighted by atomic mass is 35.5. The molecule has 35 heavy (non-hydrogen) atoms. The van der Waals surface area contributed by atoms with Crippen LogP contribution in [0.3, 0.4) is 0 Å². The van der Waals surface area contributed by atoms with Gasteiger partial charge in [-0.2, -0.15) is 0 Å². The van der Waals surface area contributed by atoms with Gasteiger partial charge in [0.05, 0.1) is 10.4 Å². The van der Waals surface area contributed by atoms with Crippen LogP contribution in [0.4, 0.5) is 10.5 Å². The van der Waals surface area contributed by atoms with Crippen molar-refractivity contribution >= 4 is 54.1 Å². The van der Waals surface area contributed by atoms with Crippen molar-refractivity contribution in [3.63, 3.8) is 0 Å². The largest absolute Gasteiger partial charge is 0.456 e. The summed E-state index contributed by atoms with van der Waals surface area (Å²) in [6, 6.07) is 8.14. The number of halogens is 2. The minimum Gasteiger partial charge on any atom is -0.456 e. The minimum absolute atomic E-state index is 0.257. The summed E-state index contributed by atoms with van der Waals surface area (Å²) in [6.45, 7) is 15.1. The molecule has 190 valence electrons. The van der Waals surface area contributed by atoms with E-state index < -0.39 is 19.8 Å². The number of carbonyl (C=O) groups is 1. The summed E-state index contributed by atoms with van der Waals surface area (Å²) in [5, 5.41) is 4.09. The van der Waals surface area contributed by atoms with Gasteiger partial charge in [-0.15, -0.1) is 0 Å². The SMILES string of the molecule is Cc1cc(Oc2ccnc3c2c(Cl)c(Cl)n3COCC[Si](C)(C)C)ccc1NC(=O)OC(C)(C)C. The number of hydrogen-bond donors (Lipinski definition) is 1. The Kier molecular flexibility index (Phi) is 8.42. The Morgan fingerprint density at radius 3 is 2.51 bits per heavy atom. The first-order valence-electron chi connectivity index (χ1n) is 11.4. The summed E-state index contributed by atoms with van der Waals surface area (Å²) in [5.74, 6) is 1.10. The van der Waals surface area contributed by atoms with E-state index in [0.717, 1.165) is 11.6 Å². The molecule has 3 rings (SSSR count). The molecule has 7 nitrogen and oxygen atoms in total. The van der Waals surface area contributed by atoms with Crippen LogP contribution in [0.15, 0.2) is 30.5 Å². The van der Waals surface area contributed by atoms with Crippen LogP contribution in [0.1, 0.15) is 26.3 Å². The Labute approximate surface area is 217 Å². The van der Waals surface area contributed by atoms with Gasteiger partial charge in [-0.3, -0.25) is 9.88 Å². The van der Waals surface area contributed by atoms with E-state index in [1.165, 1.54) is 0 Å². The number of anilines is 1. The Bertz CT molecular complexity index is 1220. The van der Waals surface area contributed by atoms with Gasteiger partial charge in [-0.1, -0.05) is 42.8 Å². The number of carbonyl (C=O) groups excluding carboxylic acids is 1. The Hall–Kier alpha value is -2.26. The number of pyridine rings is 1. The standard InChI is InChI=1S/C25H33Cl2N3O4Si/c1-16-14-17(8-9-18(16)29-24(31)34-25(2,3)4)33-19-10-11-28-23-20(19)21(26)22(27)30(23)15-32-12-13-35(5,6)7/h8-11,14H,12-13,15H2,1-7H3,(H,29,31). The second kappa shape index (κ2) is 10.8. The van der Waals surface area contributed by atoms with E-state index in [-0.39, 0.29) is 6.73 Å². The number of nitrogens with one attached hydrogen (secondary N) is 1. The van der Waals surface area contributed by atoms with Gasteiger partial charge in [0.25, 0.3) is 0 Å². The van der Waals surface area contributed by atoms with Gasteiger partial charge in [0.2, 0.25) is 0 Å². The predicted octanol–water partition coefficient (Wildman–Crippen LogP) is 8.10. The van der Waals surface area contributed by atoms with Gasteiger partial charge in [-0.25, -0.2) is 9.78 Å². The van der Waals surface area contributed by atoms with Crippen molar-refractivity contribution in [2.45, 2.75) is 65.7 Å². The van der Waals surface area contributed by atoms with Crippen LogP contribution in [-0.2, 0) is 16.2 Å². The maximum absolute atomic E-state index is 12.1. The number of amides is 1. The fourth-order valence-corrected chi connectivity index (χ4v) is 4.54. The Morgan fingerprint density at radius 2 is 1.89 bits per heavy atom. The molecule has 10 heteroatoms. The molecule has 1 aromatic carbocycles. The number of hydrogen-bond acceptors (Lipinski definition) is 5. The number of benzene rings is 1. The van der Waals surface area contributed by atoms with E-state index in [1.807, 2.05) is 33.8 Å². The zero-order valence-corrected chi connectivity index (χ0v) is 23.8. The third-order valence-electron chi connectivity index (χ3n) is 5.06. The molecule has 0 radical (unpaired) electrons. The van der Waals surface area contributed by atoms with Crippen molar-refractivity contribution in [3.8, 4) is 11.5 Å². The van der Waals surface area contributed by atoms with Gasteiger partial charge in [-0.05, 0) is 63.6 Å². The van der Waals surface area contributed by atoms with Crippen molar-refractivity contribution in [2.24, 2.45) is 0 Å². The van der Waals surface area contributed by atoms with Gasteiger partial charge >= 0.3 is 6.09 Å². The summed E-state index contributed by atoms with van der Waals surface area (Å²) < 4.78 is 19.1. The lowest BCUT2D eigenvalue weighted by Crippen LogP contribution is -2.27. The van der Waals surface area contributed by atoms with Crippen molar-refractivity contribution in [1.29, 1.82) is 0 Å². The lowest BCUT2D eigenvalue weighted by molar-refractivity contribution is 0.0635. The Morgan fingerprint density at radius 1 is 1.17 bits per heavy atom. The fraction of sp³-hybridized carbons (Fsp3) is 0.440. The smallest absolute Gasteiger partial charge is 0.412 e. The average Bonchev–Trinajstić information content (AvgIpc) is 2.96. The van der Waals surface area contributed by atoms with E-state index in [9.17, 15) is 4.79 Å². The molecular formula is C25H33Cl2N3O4Si. The molecule has 0 aliphatic carbocycles. The zero-order valence-electron chi connectivity index (χ0n) is 21.3. The van der Waals surface area contributed by atoms with E-state index >= 15 is 0 Å². The molecule has 0 fully saturated rings. The third kappa shape index (κ3) is 7.36. The summed E-state index contributed by atoms with van der Waals surface area (Å²) in [5.41, 5.74) is 1.46. The maximum Gasteiger partial charge on any atom is 0.412 e. The van der Waals surface area contributed by atoms with Crippen molar-refractivity contribution < 1.29 is 19.0 Å². The molecule has 0 unspecified atom stereocenters. The van der Waals surface area contributed by atoms with Gasteiger partial charge < -0.3 is 14.2 Å². The lowest BCUT2D eigenvalue weighted by atomic mass is 10.2. The number of ether oxygens (including phenoxy) is 3. The third-order valence-corrected chi connectivity index (χ3v) is 7.63. The maximum atomic E-state index is 12.1. The average molecular weight is 539 g/mol. The molecule has 0 aliphatic rings. The summed E-state index contributed by atoms with van der Waals surface area (Å²) >= 11 is 13.1. The van der Waals surface area contributed by atoms with Crippen LogP contribution in [-0.4, -0.2) is 35.9 Å². The monoisotopic (exact) mass is 537 g/mol.